The van der Waals surface area contributed by atoms with Crippen molar-refractivity contribution in [3.05, 3.63) is 0 Å². The Morgan fingerprint density at radius 3 is 1.47 bits per heavy atom. The van der Waals surface area contributed by atoms with Gasteiger partial charge in [0.05, 0.1) is 0 Å². The van der Waals surface area contributed by atoms with Crippen LogP contribution in [0.2, 0.25) is 18.0 Å². The number of rotatable bonds is 7. The van der Waals surface area contributed by atoms with E-state index in [1.165, 1.54) is 19.2 Å². The highest BCUT2D eigenvalue weighted by Gasteiger charge is 2.30. The molecule has 0 aromatic rings. The predicted molar refractivity (Wildman–Crippen MR) is 74.0 cm³/mol. The molecule has 0 fully saturated rings. The molecule has 0 aliphatic rings. The summed E-state index contributed by atoms with van der Waals surface area (Å²) < 4.78 is 0. The fourth-order valence-corrected chi connectivity index (χ4v) is 2.43. The van der Waals surface area contributed by atoms with Crippen molar-refractivity contribution in [3.63, 3.8) is 0 Å². The van der Waals surface area contributed by atoms with E-state index in [1.54, 1.807) is 0 Å². The van der Waals surface area contributed by atoms with Crippen LogP contribution in [-0.4, -0.2) is 6.71 Å². The lowest BCUT2D eigenvalue weighted by Gasteiger charge is -2.31. The molecule has 0 amide bonds. The van der Waals surface area contributed by atoms with Crippen molar-refractivity contribution in [2.45, 2.75) is 79.3 Å². The standard InChI is InChI=1S/C14H31B/c1-8-9-10-15(13(6)11(2)3)14(7)12(4)5/h11-14H,8-10H2,1-7H3. The maximum atomic E-state index is 2.45. The molecular formula is C14H31B. The molecule has 2 unspecified atom stereocenters. The summed E-state index contributed by atoms with van der Waals surface area (Å²) >= 11 is 0. The van der Waals surface area contributed by atoms with Crippen LogP contribution in [0.15, 0.2) is 0 Å². The Morgan fingerprint density at radius 1 is 0.800 bits per heavy atom. The third-order valence-electron chi connectivity index (χ3n) is 4.34. The van der Waals surface area contributed by atoms with Gasteiger partial charge in [0.25, 0.3) is 0 Å². The average Bonchev–Trinajstić information content (AvgIpc) is 2.17. The summed E-state index contributed by atoms with van der Waals surface area (Å²) in [7, 11) is 0. The van der Waals surface area contributed by atoms with Gasteiger partial charge in [-0.1, -0.05) is 91.1 Å². The van der Waals surface area contributed by atoms with E-state index in [0.717, 1.165) is 30.2 Å². The van der Waals surface area contributed by atoms with Crippen molar-refractivity contribution in [2.24, 2.45) is 11.8 Å². The minimum Gasteiger partial charge on any atom is -0.0737 e. The molecular weight excluding hydrogens is 179 g/mol. The molecule has 0 nitrogen and oxygen atoms in total. The zero-order valence-corrected chi connectivity index (χ0v) is 12.0. The topological polar surface area (TPSA) is 0 Å². The van der Waals surface area contributed by atoms with Gasteiger partial charge in [-0.05, 0) is 0 Å². The van der Waals surface area contributed by atoms with Gasteiger partial charge in [-0.2, -0.15) is 0 Å². The van der Waals surface area contributed by atoms with E-state index < -0.39 is 0 Å². The third kappa shape index (κ3) is 5.09. The molecule has 0 rings (SSSR count). The van der Waals surface area contributed by atoms with Gasteiger partial charge < -0.3 is 0 Å². The lowest BCUT2D eigenvalue weighted by atomic mass is 9.29. The van der Waals surface area contributed by atoms with E-state index in [-0.39, 0.29) is 0 Å². The van der Waals surface area contributed by atoms with Crippen molar-refractivity contribution >= 4 is 6.71 Å². The quantitative estimate of drug-likeness (QED) is 0.495. The molecule has 15 heavy (non-hydrogen) atoms. The van der Waals surface area contributed by atoms with Gasteiger partial charge in [0.1, 0.15) is 6.71 Å². The van der Waals surface area contributed by atoms with Crippen molar-refractivity contribution in [2.75, 3.05) is 0 Å². The smallest absolute Gasteiger partial charge is 0.0737 e. The number of hydrogen-bond acceptors (Lipinski definition) is 0. The summed E-state index contributed by atoms with van der Waals surface area (Å²) in [5.41, 5.74) is 0. The van der Waals surface area contributed by atoms with Crippen LogP contribution in [0.4, 0.5) is 0 Å². The van der Waals surface area contributed by atoms with Crippen LogP contribution in [0.3, 0.4) is 0 Å². The molecule has 0 N–H and O–H groups in total. The maximum absolute atomic E-state index is 2.45. The molecule has 2 atom stereocenters. The van der Waals surface area contributed by atoms with Gasteiger partial charge >= 0.3 is 0 Å². The normalized spacial score (nSPS) is 15.8. The van der Waals surface area contributed by atoms with Crippen LogP contribution >= 0.6 is 0 Å². The molecule has 1 heteroatoms. The third-order valence-corrected chi connectivity index (χ3v) is 4.34. The second-order valence-electron chi connectivity index (χ2n) is 6.01. The minimum atomic E-state index is 0.827. The summed E-state index contributed by atoms with van der Waals surface area (Å²) in [6.45, 7) is 17.6. The first kappa shape index (κ1) is 15.1. The lowest BCUT2D eigenvalue weighted by Crippen LogP contribution is -2.29. The van der Waals surface area contributed by atoms with E-state index in [9.17, 15) is 0 Å². The maximum Gasteiger partial charge on any atom is 0.146 e. The number of unbranched alkanes of at least 4 members (excludes halogenated alkanes) is 1. The molecule has 0 aliphatic carbocycles. The van der Waals surface area contributed by atoms with Crippen molar-refractivity contribution in [3.8, 4) is 0 Å². The molecule has 0 radical (unpaired) electrons. The zero-order valence-electron chi connectivity index (χ0n) is 12.0. The van der Waals surface area contributed by atoms with Crippen LogP contribution in [0.1, 0.15) is 61.3 Å². The highest BCUT2D eigenvalue weighted by Crippen LogP contribution is 2.35. The van der Waals surface area contributed by atoms with Crippen LogP contribution in [0.25, 0.3) is 0 Å². The van der Waals surface area contributed by atoms with Gasteiger partial charge in [0.2, 0.25) is 0 Å². The van der Waals surface area contributed by atoms with Gasteiger partial charge in [0.15, 0.2) is 0 Å². The summed E-state index contributed by atoms with van der Waals surface area (Å²) in [4.78, 5) is 0. The van der Waals surface area contributed by atoms with E-state index in [2.05, 4.69) is 48.5 Å². The van der Waals surface area contributed by atoms with Crippen molar-refractivity contribution < 1.29 is 0 Å². The summed E-state index contributed by atoms with van der Waals surface area (Å²) in [6.07, 6.45) is 4.17. The van der Waals surface area contributed by atoms with E-state index >= 15 is 0 Å². The van der Waals surface area contributed by atoms with Crippen LogP contribution in [0, 0.1) is 11.8 Å². The summed E-state index contributed by atoms with van der Waals surface area (Å²) in [5, 5.41) is 0. The first-order valence-corrected chi connectivity index (χ1v) is 6.91. The second kappa shape index (κ2) is 7.36. The Morgan fingerprint density at radius 2 is 1.20 bits per heavy atom. The van der Waals surface area contributed by atoms with Gasteiger partial charge in [0, 0.05) is 0 Å². The molecule has 0 bridgehead atoms. The number of hydrogen-bond donors (Lipinski definition) is 0. The summed E-state index contributed by atoms with van der Waals surface area (Å²) in [6, 6.07) is 0. The SMILES string of the molecule is CCCCB(C(C)C(C)C)C(C)C(C)C. The highest BCUT2D eigenvalue weighted by molar-refractivity contribution is 6.62. The first-order valence-electron chi connectivity index (χ1n) is 6.91. The van der Waals surface area contributed by atoms with E-state index in [4.69, 9.17) is 0 Å². The Kier molecular flexibility index (Phi) is 7.39. The predicted octanol–water partition coefficient (Wildman–Crippen LogP) is 5.37. The van der Waals surface area contributed by atoms with Gasteiger partial charge in [-0.15, -0.1) is 0 Å². The summed E-state index contributed by atoms with van der Waals surface area (Å²) in [5.74, 6) is 3.39. The monoisotopic (exact) mass is 210 g/mol. The van der Waals surface area contributed by atoms with Crippen molar-refractivity contribution in [1.29, 1.82) is 0 Å². The molecule has 90 valence electrons. The largest absolute Gasteiger partial charge is 0.146 e. The molecule has 0 aliphatic heterocycles. The lowest BCUT2D eigenvalue weighted by molar-refractivity contribution is 0.556. The Labute approximate surface area is 98.3 Å². The average molecular weight is 210 g/mol. The Bertz CT molecular complexity index is 137. The molecule has 0 saturated heterocycles. The van der Waals surface area contributed by atoms with Gasteiger partial charge in [-0.25, -0.2) is 0 Å². The molecule has 0 aromatic heterocycles. The Hall–Kier alpha value is 0.0649. The molecule has 0 aromatic carbocycles. The highest BCUT2D eigenvalue weighted by atomic mass is 14.1. The second-order valence-corrected chi connectivity index (χ2v) is 6.01. The van der Waals surface area contributed by atoms with E-state index in [1.807, 2.05) is 0 Å². The fourth-order valence-electron chi connectivity index (χ4n) is 2.43. The first-order chi connectivity index (χ1) is 6.91. The van der Waals surface area contributed by atoms with Crippen LogP contribution < -0.4 is 0 Å². The van der Waals surface area contributed by atoms with E-state index in [0.29, 0.717) is 0 Å². The molecule has 0 saturated carbocycles. The minimum absolute atomic E-state index is 0.827. The fraction of sp³-hybridized carbons (Fsp3) is 1.00. The van der Waals surface area contributed by atoms with Crippen LogP contribution in [0.5, 0.6) is 0 Å². The Balaban J connectivity index is 4.42. The zero-order chi connectivity index (χ0) is 12.0. The molecule has 0 spiro atoms. The molecule has 0 heterocycles. The van der Waals surface area contributed by atoms with Gasteiger partial charge in [-0.3, -0.25) is 0 Å². The van der Waals surface area contributed by atoms with Crippen LogP contribution in [-0.2, 0) is 0 Å². The van der Waals surface area contributed by atoms with Crippen molar-refractivity contribution in [1.82, 2.24) is 0 Å².